The Morgan fingerprint density at radius 1 is 1.47 bits per heavy atom. The van der Waals surface area contributed by atoms with E-state index in [9.17, 15) is 10.1 Å². The molecule has 0 unspecified atom stereocenters. The number of hydrogen-bond donors (Lipinski definition) is 2. The lowest BCUT2D eigenvalue weighted by Crippen LogP contribution is -2.05. The fourth-order valence-electron chi connectivity index (χ4n) is 1.65. The number of anilines is 2. The van der Waals surface area contributed by atoms with E-state index in [1.807, 2.05) is 13.8 Å². The van der Waals surface area contributed by atoms with E-state index in [1.165, 1.54) is 22.6 Å². The second-order valence-corrected chi connectivity index (χ2v) is 5.51. The standard InChI is InChI=1S/C12H14N4O2S/c1-7-5-9(19-8(7)2)6-14-12-10(16(17)18)3-4-11(13)15-12/h3-5H,6H2,1-2H3,(H3,13,14,15). The predicted octanol–water partition coefficient (Wildman–Crippen LogP) is 2.86. The van der Waals surface area contributed by atoms with Gasteiger partial charge in [0.05, 0.1) is 11.5 Å². The van der Waals surface area contributed by atoms with Gasteiger partial charge in [-0.15, -0.1) is 11.3 Å². The van der Waals surface area contributed by atoms with Crippen LogP contribution in [0.25, 0.3) is 0 Å². The number of thiophene rings is 1. The van der Waals surface area contributed by atoms with Crippen molar-refractivity contribution in [1.82, 2.24) is 4.98 Å². The Labute approximate surface area is 114 Å². The lowest BCUT2D eigenvalue weighted by Gasteiger charge is -2.05. The highest BCUT2D eigenvalue weighted by Crippen LogP contribution is 2.25. The van der Waals surface area contributed by atoms with E-state index in [2.05, 4.69) is 16.4 Å². The van der Waals surface area contributed by atoms with Crippen molar-refractivity contribution < 1.29 is 4.92 Å². The van der Waals surface area contributed by atoms with E-state index in [-0.39, 0.29) is 17.3 Å². The summed E-state index contributed by atoms with van der Waals surface area (Å²) in [7, 11) is 0. The van der Waals surface area contributed by atoms with Crippen LogP contribution >= 0.6 is 11.3 Å². The van der Waals surface area contributed by atoms with Gasteiger partial charge in [-0.1, -0.05) is 0 Å². The number of hydrogen-bond acceptors (Lipinski definition) is 6. The quantitative estimate of drug-likeness (QED) is 0.662. The topological polar surface area (TPSA) is 94.1 Å². The highest BCUT2D eigenvalue weighted by Gasteiger charge is 2.15. The van der Waals surface area contributed by atoms with E-state index < -0.39 is 4.92 Å². The molecule has 3 N–H and O–H groups in total. The van der Waals surface area contributed by atoms with Gasteiger partial charge < -0.3 is 11.1 Å². The molecule has 0 aromatic carbocycles. The zero-order chi connectivity index (χ0) is 14.0. The van der Waals surface area contributed by atoms with Gasteiger partial charge in [-0.3, -0.25) is 10.1 Å². The minimum Gasteiger partial charge on any atom is -0.384 e. The highest BCUT2D eigenvalue weighted by molar-refractivity contribution is 7.12. The summed E-state index contributed by atoms with van der Waals surface area (Å²) in [6.45, 7) is 4.58. The van der Waals surface area contributed by atoms with Gasteiger partial charge in [0.15, 0.2) is 0 Å². The third-order valence-electron chi connectivity index (χ3n) is 2.74. The number of nitrogen functional groups attached to an aromatic ring is 1. The third kappa shape index (κ3) is 3.00. The maximum absolute atomic E-state index is 10.9. The van der Waals surface area contributed by atoms with Crippen molar-refractivity contribution in [2.24, 2.45) is 0 Å². The minimum absolute atomic E-state index is 0.0702. The average Bonchev–Trinajstić information content (AvgIpc) is 2.66. The molecule has 6 nitrogen and oxygen atoms in total. The molecule has 0 aliphatic rings. The predicted molar refractivity (Wildman–Crippen MR) is 76.4 cm³/mol. The van der Waals surface area contributed by atoms with Gasteiger partial charge in [0.25, 0.3) is 0 Å². The zero-order valence-electron chi connectivity index (χ0n) is 10.6. The van der Waals surface area contributed by atoms with Crippen LogP contribution in [0.5, 0.6) is 0 Å². The summed E-state index contributed by atoms with van der Waals surface area (Å²) in [5, 5.41) is 13.9. The van der Waals surface area contributed by atoms with Crippen LogP contribution in [0.15, 0.2) is 18.2 Å². The number of pyridine rings is 1. The molecular weight excluding hydrogens is 264 g/mol. The number of aryl methyl sites for hydroxylation is 2. The number of rotatable bonds is 4. The van der Waals surface area contributed by atoms with Crippen molar-refractivity contribution in [1.29, 1.82) is 0 Å². The third-order valence-corrected chi connectivity index (χ3v) is 3.89. The van der Waals surface area contributed by atoms with Gasteiger partial charge in [0.2, 0.25) is 5.82 Å². The molecule has 2 aromatic heterocycles. The summed E-state index contributed by atoms with van der Waals surface area (Å²) in [4.78, 5) is 16.7. The van der Waals surface area contributed by atoms with Crippen LogP contribution < -0.4 is 11.1 Å². The molecule has 0 saturated heterocycles. The van der Waals surface area contributed by atoms with E-state index in [0.717, 1.165) is 4.88 Å². The SMILES string of the molecule is Cc1cc(CNc2nc(N)ccc2[N+](=O)[O-])sc1C. The summed E-state index contributed by atoms with van der Waals surface area (Å²) >= 11 is 1.66. The largest absolute Gasteiger partial charge is 0.384 e. The van der Waals surface area contributed by atoms with Gasteiger partial charge in [0, 0.05) is 15.8 Å². The molecule has 0 bridgehead atoms. The molecule has 0 aliphatic heterocycles. The molecule has 0 saturated carbocycles. The van der Waals surface area contributed by atoms with Gasteiger partial charge in [0.1, 0.15) is 5.82 Å². The lowest BCUT2D eigenvalue weighted by atomic mass is 10.3. The second kappa shape index (κ2) is 5.23. The molecule has 0 spiro atoms. The second-order valence-electron chi connectivity index (χ2n) is 4.17. The van der Waals surface area contributed by atoms with Crippen LogP contribution in [0.2, 0.25) is 0 Å². The van der Waals surface area contributed by atoms with E-state index >= 15 is 0 Å². The molecule has 0 fully saturated rings. The first-order valence-corrected chi connectivity index (χ1v) is 6.49. The van der Waals surface area contributed by atoms with Gasteiger partial charge in [-0.2, -0.15) is 0 Å². The highest BCUT2D eigenvalue weighted by atomic mass is 32.1. The van der Waals surface area contributed by atoms with Crippen LogP contribution in [0.3, 0.4) is 0 Å². The van der Waals surface area contributed by atoms with Crippen molar-refractivity contribution in [2.75, 3.05) is 11.1 Å². The molecule has 7 heteroatoms. The molecular formula is C12H14N4O2S. The van der Waals surface area contributed by atoms with Crippen molar-refractivity contribution >= 4 is 28.7 Å². The molecule has 2 heterocycles. The average molecular weight is 278 g/mol. The van der Waals surface area contributed by atoms with E-state index in [0.29, 0.717) is 6.54 Å². The smallest absolute Gasteiger partial charge is 0.311 e. The molecule has 2 rings (SSSR count). The van der Waals surface area contributed by atoms with Crippen LogP contribution in [-0.2, 0) is 6.54 Å². The molecule has 2 aromatic rings. The van der Waals surface area contributed by atoms with E-state index in [4.69, 9.17) is 5.73 Å². The molecule has 100 valence electrons. The Morgan fingerprint density at radius 2 is 2.21 bits per heavy atom. The van der Waals surface area contributed by atoms with Crippen LogP contribution in [-0.4, -0.2) is 9.91 Å². The number of nitrogens with one attached hydrogen (secondary N) is 1. The Hall–Kier alpha value is -2.15. The maximum atomic E-state index is 10.9. The molecule has 0 atom stereocenters. The maximum Gasteiger partial charge on any atom is 0.311 e. The molecule has 0 radical (unpaired) electrons. The summed E-state index contributed by atoms with van der Waals surface area (Å²) in [5.74, 6) is 0.459. The van der Waals surface area contributed by atoms with Crippen LogP contribution in [0.4, 0.5) is 17.3 Å². The number of aromatic nitrogens is 1. The Balaban J connectivity index is 2.19. The van der Waals surface area contributed by atoms with Crippen LogP contribution in [0, 0.1) is 24.0 Å². The summed E-state index contributed by atoms with van der Waals surface area (Å²) in [5.41, 5.74) is 6.70. The van der Waals surface area contributed by atoms with Gasteiger partial charge in [-0.05, 0) is 31.5 Å². The van der Waals surface area contributed by atoms with Crippen molar-refractivity contribution in [2.45, 2.75) is 20.4 Å². The molecule has 19 heavy (non-hydrogen) atoms. The first-order chi connectivity index (χ1) is 8.97. The number of nitrogens with two attached hydrogens (primary N) is 1. The number of nitro groups is 1. The molecule has 0 amide bonds. The fourth-order valence-corrected chi connectivity index (χ4v) is 2.65. The number of nitrogens with zero attached hydrogens (tertiary/aromatic N) is 2. The first kappa shape index (κ1) is 13.3. The van der Waals surface area contributed by atoms with Crippen molar-refractivity contribution in [3.05, 3.63) is 43.6 Å². The fraction of sp³-hybridized carbons (Fsp3) is 0.250. The normalized spacial score (nSPS) is 10.4. The monoisotopic (exact) mass is 278 g/mol. The summed E-state index contributed by atoms with van der Waals surface area (Å²) in [6.07, 6.45) is 0. The minimum atomic E-state index is -0.473. The Kier molecular flexibility index (Phi) is 3.66. The summed E-state index contributed by atoms with van der Waals surface area (Å²) < 4.78 is 0. The lowest BCUT2D eigenvalue weighted by molar-refractivity contribution is -0.384. The van der Waals surface area contributed by atoms with E-state index in [1.54, 1.807) is 11.3 Å². The Morgan fingerprint density at radius 3 is 2.79 bits per heavy atom. The van der Waals surface area contributed by atoms with Crippen LogP contribution in [0.1, 0.15) is 15.3 Å². The van der Waals surface area contributed by atoms with Gasteiger partial charge >= 0.3 is 5.69 Å². The first-order valence-electron chi connectivity index (χ1n) is 5.68. The Bertz CT molecular complexity index is 605. The van der Waals surface area contributed by atoms with Gasteiger partial charge in [-0.25, -0.2) is 4.98 Å². The molecule has 0 aliphatic carbocycles. The zero-order valence-corrected chi connectivity index (χ0v) is 11.5. The summed E-state index contributed by atoms with van der Waals surface area (Å²) in [6, 6.07) is 4.84. The van der Waals surface area contributed by atoms with Crippen molar-refractivity contribution in [3.63, 3.8) is 0 Å². The van der Waals surface area contributed by atoms with Crippen molar-refractivity contribution in [3.8, 4) is 0 Å².